The highest BCUT2D eigenvalue weighted by Gasteiger charge is 2.12. The molecule has 0 aliphatic rings. The molecule has 0 saturated heterocycles. The van der Waals surface area contributed by atoms with E-state index in [2.05, 4.69) is 10.6 Å². The van der Waals surface area contributed by atoms with Crippen molar-refractivity contribution >= 4 is 23.2 Å². The number of benzene rings is 2. The molecule has 0 spiro atoms. The summed E-state index contributed by atoms with van der Waals surface area (Å²) in [7, 11) is 0. The molecule has 3 aromatic rings. The molecule has 1 aromatic heterocycles. The van der Waals surface area contributed by atoms with Gasteiger partial charge in [-0.2, -0.15) is 0 Å². The van der Waals surface area contributed by atoms with Crippen LogP contribution in [0.2, 0.25) is 0 Å². The van der Waals surface area contributed by atoms with Gasteiger partial charge in [-0.3, -0.25) is 10.8 Å². The molecule has 2 aromatic carbocycles. The third kappa shape index (κ3) is 4.17. The van der Waals surface area contributed by atoms with E-state index in [1.807, 2.05) is 62.4 Å². The van der Waals surface area contributed by atoms with Crippen LogP contribution in [-0.4, -0.2) is 11.8 Å². The molecule has 6 nitrogen and oxygen atoms in total. The van der Waals surface area contributed by atoms with Crippen LogP contribution in [0.25, 0.3) is 22.6 Å². The summed E-state index contributed by atoms with van der Waals surface area (Å²) in [5.74, 6) is 1.90. The lowest BCUT2D eigenvalue weighted by molar-refractivity contribution is 0.596. The fraction of sp³-hybridized carbons (Fsp3) is 0.143. The van der Waals surface area contributed by atoms with Crippen LogP contribution in [0, 0.1) is 24.7 Å². The third-order valence-electron chi connectivity index (χ3n) is 4.20. The Labute approximate surface area is 158 Å². The van der Waals surface area contributed by atoms with E-state index in [0.717, 1.165) is 45.1 Å². The Morgan fingerprint density at radius 1 is 0.815 bits per heavy atom. The minimum atomic E-state index is -0.0888. The van der Waals surface area contributed by atoms with Crippen molar-refractivity contribution < 1.29 is 4.42 Å². The smallest absolute Gasteiger partial charge is 0.190 e. The van der Waals surface area contributed by atoms with Gasteiger partial charge in [0.1, 0.15) is 11.5 Å². The normalized spacial score (nSPS) is 10.5. The van der Waals surface area contributed by atoms with Gasteiger partial charge in [-0.25, -0.2) is 0 Å². The van der Waals surface area contributed by atoms with Gasteiger partial charge in [0.05, 0.1) is 5.84 Å². The molecule has 0 aliphatic heterocycles. The van der Waals surface area contributed by atoms with Gasteiger partial charge in [-0.15, -0.1) is 0 Å². The number of hydrogen-bond acceptors (Lipinski definition) is 3. The third-order valence-corrected chi connectivity index (χ3v) is 4.20. The lowest BCUT2D eigenvalue weighted by Crippen LogP contribution is -2.20. The lowest BCUT2D eigenvalue weighted by Gasteiger charge is -2.09. The molecular formula is C21H23N5O. The van der Waals surface area contributed by atoms with Crippen LogP contribution in [-0.2, 0) is 0 Å². The summed E-state index contributed by atoms with van der Waals surface area (Å²) in [6.45, 7) is 5.73. The number of aryl methyl sites for hydroxylation is 2. The van der Waals surface area contributed by atoms with Gasteiger partial charge >= 0.3 is 0 Å². The van der Waals surface area contributed by atoms with Crippen LogP contribution in [0.4, 0.5) is 11.4 Å². The van der Waals surface area contributed by atoms with Crippen molar-refractivity contribution in [2.45, 2.75) is 20.8 Å². The maximum atomic E-state index is 7.54. The molecule has 0 unspecified atom stereocenters. The van der Waals surface area contributed by atoms with Gasteiger partial charge in [0, 0.05) is 22.5 Å². The molecular weight excluding hydrogens is 338 g/mol. The van der Waals surface area contributed by atoms with Gasteiger partial charge in [-0.1, -0.05) is 0 Å². The SMILES string of the molecule is CC(=N)Nc1ccc(-c2ccc(-c3ccc(NC(=N)N)cc3C)o2)c(C)c1. The van der Waals surface area contributed by atoms with E-state index >= 15 is 0 Å². The van der Waals surface area contributed by atoms with Gasteiger partial charge in [0.15, 0.2) is 5.96 Å². The zero-order chi connectivity index (χ0) is 19.6. The van der Waals surface area contributed by atoms with Gasteiger partial charge in [-0.05, 0) is 80.4 Å². The van der Waals surface area contributed by atoms with Crippen molar-refractivity contribution in [3.8, 4) is 22.6 Å². The molecule has 1 heterocycles. The zero-order valence-electron chi connectivity index (χ0n) is 15.6. The minimum absolute atomic E-state index is 0.0888. The first-order valence-corrected chi connectivity index (χ1v) is 8.58. The number of rotatable bonds is 4. The quantitative estimate of drug-likeness (QED) is 0.334. The van der Waals surface area contributed by atoms with Crippen LogP contribution in [0.1, 0.15) is 18.1 Å². The molecule has 138 valence electrons. The average Bonchev–Trinajstić information content (AvgIpc) is 3.03. The van der Waals surface area contributed by atoms with Crippen LogP contribution in [0.3, 0.4) is 0 Å². The zero-order valence-corrected chi connectivity index (χ0v) is 15.6. The van der Waals surface area contributed by atoms with Crippen LogP contribution in [0.5, 0.6) is 0 Å². The van der Waals surface area contributed by atoms with Crippen LogP contribution < -0.4 is 16.4 Å². The molecule has 0 radical (unpaired) electrons. The number of anilines is 2. The Balaban J connectivity index is 1.89. The fourth-order valence-electron chi connectivity index (χ4n) is 3.04. The standard InChI is InChI=1S/C21H23N5O/c1-12-10-15(25-14(3)22)4-6-17(12)19-8-9-20(27-19)18-7-5-16(11-13(18)2)26-21(23)24/h4-11H,1-3H3,(H2,22,25)(H4,23,24,26). The highest BCUT2D eigenvalue weighted by atomic mass is 16.3. The summed E-state index contributed by atoms with van der Waals surface area (Å²) >= 11 is 0. The maximum Gasteiger partial charge on any atom is 0.190 e. The van der Waals surface area contributed by atoms with Crippen molar-refractivity contribution in [3.05, 3.63) is 59.7 Å². The second kappa shape index (κ2) is 7.37. The molecule has 0 saturated carbocycles. The van der Waals surface area contributed by atoms with Crippen molar-refractivity contribution in [2.75, 3.05) is 10.6 Å². The van der Waals surface area contributed by atoms with Crippen LogP contribution in [0.15, 0.2) is 52.9 Å². The molecule has 0 amide bonds. The van der Waals surface area contributed by atoms with Crippen LogP contribution >= 0.6 is 0 Å². The van der Waals surface area contributed by atoms with E-state index in [-0.39, 0.29) is 5.96 Å². The first kappa shape index (κ1) is 18.3. The Bertz CT molecular complexity index is 939. The molecule has 6 N–H and O–H groups in total. The molecule has 0 fully saturated rings. The maximum absolute atomic E-state index is 7.54. The van der Waals surface area contributed by atoms with Gasteiger partial charge in [0.2, 0.25) is 0 Å². The van der Waals surface area contributed by atoms with E-state index in [1.165, 1.54) is 0 Å². The molecule has 0 bridgehead atoms. The predicted octanol–water partition coefficient (Wildman–Crippen LogP) is 4.94. The monoisotopic (exact) mass is 361 g/mol. The number of nitrogens with two attached hydrogens (primary N) is 1. The van der Waals surface area contributed by atoms with E-state index in [1.54, 1.807) is 6.92 Å². The topological polar surface area (TPSA) is 111 Å². The second-order valence-electron chi connectivity index (χ2n) is 6.51. The molecule has 0 aliphatic carbocycles. The number of guanidine groups is 1. The molecule has 27 heavy (non-hydrogen) atoms. The Hall–Kier alpha value is -3.54. The lowest BCUT2D eigenvalue weighted by atomic mass is 10.1. The Morgan fingerprint density at radius 3 is 1.70 bits per heavy atom. The summed E-state index contributed by atoms with van der Waals surface area (Å²) in [6.07, 6.45) is 0. The second-order valence-corrected chi connectivity index (χ2v) is 6.51. The summed E-state index contributed by atoms with van der Waals surface area (Å²) < 4.78 is 6.11. The predicted molar refractivity (Wildman–Crippen MR) is 112 cm³/mol. The first-order chi connectivity index (χ1) is 12.8. The largest absolute Gasteiger partial charge is 0.456 e. The number of amidine groups is 1. The van der Waals surface area contributed by atoms with E-state index in [0.29, 0.717) is 5.84 Å². The van der Waals surface area contributed by atoms with Crippen molar-refractivity contribution in [3.63, 3.8) is 0 Å². The Morgan fingerprint density at radius 2 is 1.30 bits per heavy atom. The summed E-state index contributed by atoms with van der Waals surface area (Å²) in [5.41, 5.74) is 11.1. The van der Waals surface area contributed by atoms with E-state index in [4.69, 9.17) is 21.0 Å². The number of hydrogen-bond donors (Lipinski definition) is 5. The molecule has 0 atom stereocenters. The Kier molecular flexibility index (Phi) is 4.98. The molecule has 6 heteroatoms. The van der Waals surface area contributed by atoms with Crippen molar-refractivity contribution in [2.24, 2.45) is 5.73 Å². The minimum Gasteiger partial charge on any atom is -0.456 e. The van der Waals surface area contributed by atoms with Crippen molar-refractivity contribution in [1.82, 2.24) is 0 Å². The summed E-state index contributed by atoms with van der Waals surface area (Å²) in [4.78, 5) is 0. The van der Waals surface area contributed by atoms with Gasteiger partial charge in [0.25, 0.3) is 0 Å². The van der Waals surface area contributed by atoms with E-state index < -0.39 is 0 Å². The number of furan rings is 1. The fourth-order valence-corrected chi connectivity index (χ4v) is 3.04. The van der Waals surface area contributed by atoms with Crippen molar-refractivity contribution in [1.29, 1.82) is 10.8 Å². The van der Waals surface area contributed by atoms with E-state index in [9.17, 15) is 0 Å². The number of nitrogens with one attached hydrogen (secondary N) is 4. The van der Waals surface area contributed by atoms with Gasteiger partial charge < -0.3 is 20.8 Å². The molecule has 3 rings (SSSR count). The highest BCUT2D eigenvalue weighted by Crippen LogP contribution is 2.33. The highest BCUT2D eigenvalue weighted by molar-refractivity contribution is 5.91. The average molecular weight is 361 g/mol. The summed E-state index contributed by atoms with van der Waals surface area (Å²) in [5, 5.41) is 20.7. The summed E-state index contributed by atoms with van der Waals surface area (Å²) in [6, 6.07) is 15.6. The first-order valence-electron chi connectivity index (χ1n) is 8.58.